The van der Waals surface area contributed by atoms with E-state index in [4.69, 9.17) is 5.73 Å². The molecule has 0 aliphatic heterocycles. The third-order valence-corrected chi connectivity index (χ3v) is 1.87. The highest BCUT2D eigenvalue weighted by Gasteiger charge is 2.00. The molecule has 3 heteroatoms. The Morgan fingerprint density at radius 1 is 1.50 bits per heavy atom. The van der Waals surface area contributed by atoms with E-state index < -0.39 is 0 Å². The molecule has 0 radical (unpaired) electrons. The predicted molar refractivity (Wildman–Crippen MR) is 57.3 cm³/mol. The van der Waals surface area contributed by atoms with Crippen LogP contribution in [0.15, 0.2) is 23.2 Å². The summed E-state index contributed by atoms with van der Waals surface area (Å²) >= 11 is 0. The Hall–Kier alpha value is -1.38. The Labute approximate surface area is 83.7 Å². The second kappa shape index (κ2) is 4.74. The van der Waals surface area contributed by atoms with Crippen molar-refractivity contribution in [3.63, 3.8) is 0 Å². The van der Waals surface area contributed by atoms with Crippen molar-refractivity contribution >= 4 is 11.5 Å². The predicted octanol–water partition coefficient (Wildman–Crippen LogP) is 2.92. The van der Waals surface area contributed by atoms with E-state index in [-0.39, 0.29) is 5.82 Å². The quantitative estimate of drug-likeness (QED) is 0.583. The zero-order valence-electron chi connectivity index (χ0n) is 8.55. The summed E-state index contributed by atoms with van der Waals surface area (Å²) in [6, 6.07) is 4.92. The molecule has 1 aromatic carbocycles. The van der Waals surface area contributed by atoms with Gasteiger partial charge in [0.1, 0.15) is 11.5 Å². The van der Waals surface area contributed by atoms with Crippen molar-refractivity contribution < 1.29 is 4.39 Å². The van der Waals surface area contributed by atoms with Crippen LogP contribution in [-0.4, -0.2) is 5.84 Å². The van der Waals surface area contributed by atoms with Gasteiger partial charge in [0.15, 0.2) is 0 Å². The van der Waals surface area contributed by atoms with Gasteiger partial charge >= 0.3 is 0 Å². The molecule has 1 rings (SSSR count). The molecule has 14 heavy (non-hydrogen) atoms. The van der Waals surface area contributed by atoms with E-state index >= 15 is 0 Å². The third-order valence-electron chi connectivity index (χ3n) is 1.87. The van der Waals surface area contributed by atoms with E-state index in [1.807, 2.05) is 19.9 Å². The standard InChI is InChI=1S/C11H15FN2/c1-3-4-11(13)14-10-6-5-8(2)7-9(10)12/h5-7H,3-4H2,1-2H3,(H2,13,14). The molecule has 0 aliphatic rings. The van der Waals surface area contributed by atoms with Gasteiger partial charge in [-0.1, -0.05) is 13.0 Å². The molecular formula is C11H15FN2. The minimum absolute atomic E-state index is 0.316. The van der Waals surface area contributed by atoms with Crippen LogP contribution in [0.1, 0.15) is 25.3 Å². The van der Waals surface area contributed by atoms with Crippen molar-refractivity contribution in [1.82, 2.24) is 0 Å². The van der Waals surface area contributed by atoms with Gasteiger partial charge in [-0.05, 0) is 31.0 Å². The second-order valence-electron chi connectivity index (χ2n) is 3.31. The monoisotopic (exact) mass is 194 g/mol. The SMILES string of the molecule is CCCC(N)=Nc1ccc(C)cc1F. The Morgan fingerprint density at radius 2 is 2.21 bits per heavy atom. The van der Waals surface area contributed by atoms with Crippen molar-refractivity contribution in [2.75, 3.05) is 0 Å². The smallest absolute Gasteiger partial charge is 0.149 e. The van der Waals surface area contributed by atoms with Crippen LogP contribution >= 0.6 is 0 Å². The molecule has 0 spiro atoms. The van der Waals surface area contributed by atoms with Gasteiger partial charge < -0.3 is 5.73 Å². The lowest BCUT2D eigenvalue weighted by atomic mass is 10.2. The summed E-state index contributed by atoms with van der Waals surface area (Å²) in [7, 11) is 0. The van der Waals surface area contributed by atoms with E-state index in [0.29, 0.717) is 17.9 Å². The lowest BCUT2D eigenvalue weighted by molar-refractivity contribution is 0.628. The summed E-state index contributed by atoms with van der Waals surface area (Å²) in [5.74, 6) is 0.166. The van der Waals surface area contributed by atoms with E-state index in [1.54, 1.807) is 6.07 Å². The number of rotatable bonds is 3. The van der Waals surface area contributed by atoms with Gasteiger partial charge in [-0.25, -0.2) is 9.38 Å². The molecule has 2 N–H and O–H groups in total. The van der Waals surface area contributed by atoms with Gasteiger partial charge in [-0.3, -0.25) is 0 Å². The number of amidine groups is 1. The fourth-order valence-electron chi connectivity index (χ4n) is 1.17. The number of nitrogens with two attached hydrogens (primary N) is 1. The highest BCUT2D eigenvalue weighted by molar-refractivity contribution is 5.83. The van der Waals surface area contributed by atoms with Crippen LogP contribution in [0.4, 0.5) is 10.1 Å². The Bertz CT molecular complexity index is 345. The maximum Gasteiger partial charge on any atom is 0.149 e. The van der Waals surface area contributed by atoms with E-state index in [1.165, 1.54) is 6.07 Å². The third kappa shape index (κ3) is 2.83. The molecule has 0 saturated carbocycles. The highest BCUT2D eigenvalue weighted by atomic mass is 19.1. The summed E-state index contributed by atoms with van der Waals surface area (Å²) < 4.78 is 13.3. The molecule has 0 unspecified atom stereocenters. The van der Waals surface area contributed by atoms with Gasteiger partial charge in [-0.2, -0.15) is 0 Å². The average molecular weight is 194 g/mol. The summed E-state index contributed by atoms with van der Waals surface area (Å²) in [6.45, 7) is 3.85. The van der Waals surface area contributed by atoms with Crippen molar-refractivity contribution in [3.05, 3.63) is 29.6 Å². The first-order valence-corrected chi connectivity index (χ1v) is 4.72. The normalized spacial score (nSPS) is 11.8. The Balaban J connectivity index is 2.91. The number of hydrogen-bond acceptors (Lipinski definition) is 1. The lowest BCUT2D eigenvalue weighted by Crippen LogP contribution is -2.10. The van der Waals surface area contributed by atoms with Gasteiger partial charge in [0, 0.05) is 6.42 Å². The fourth-order valence-corrected chi connectivity index (χ4v) is 1.17. The lowest BCUT2D eigenvalue weighted by Gasteiger charge is -2.00. The maximum atomic E-state index is 13.3. The molecular weight excluding hydrogens is 179 g/mol. The van der Waals surface area contributed by atoms with Crippen LogP contribution in [0.2, 0.25) is 0 Å². The number of hydrogen-bond donors (Lipinski definition) is 1. The zero-order chi connectivity index (χ0) is 10.6. The molecule has 0 bridgehead atoms. The van der Waals surface area contributed by atoms with E-state index in [2.05, 4.69) is 4.99 Å². The van der Waals surface area contributed by atoms with Crippen LogP contribution < -0.4 is 5.73 Å². The molecule has 1 aromatic rings. The zero-order valence-corrected chi connectivity index (χ0v) is 8.55. The summed E-state index contributed by atoms with van der Waals surface area (Å²) in [5.41, 5.74) is 6.81. The van der Waals surface area contributed by atoms with Crippen molar-refractivity contribution in [1.29, 1.82) is 0 Å². The topological polar surface area (TPSA) is 38.4 Å². The second-order valence-corrected chi connectivity index (χ2v) is 3.31. The van der Waals surface area contributed by atoms with Crippen molar-refractivity contribution in [3.8, 4) is 0 Å². The Kier molecular flexibility index (Phi) is 3.63. The molecule has 0 aliphatic carbocycles. The van der Waals surface area contributed by atoms with Crippen LogP contribution in [0.25, 0.3) is 0 Å². The summed E-state index contributed by atoms with van der Waals surface area (Å²) in [6.07, 6.45) is 1.62. The molecule has 0 fully saturated rings. The summed E-state index contributed by atoms with van der Waals surface area (Å²) in [5, 5.41) is 0. The van der Waals surface area contributed by atoms with E-state index in [0.717, 1.165) is 12.0 Å². The molecule has 0 aromatic heterocycles. The first kappa shape index (κ1) is 10.7. The summed E-state index contributed by atoms with van der Waals surface area (Å²) in [4.78, 5) is 4.01. The minimum Gasteiger partial charge on any atom is -0.387 e. The first-order valence-electron chi connectivity index (χ1n) is 4.72. The van der Waals surface area contributed by atoms with Gasteiger partial charge in [-0.15, -0.1) is 0 Å². The van der Waals surface area contributed by atoms with Gasteiger partial charge in [0.05, 0.1) is 5.84 Å². The van der Waals surface area contributed by atoms with Crippen LogP contribution in [0.5, 0.6) is 0 Å². The Morgan fingerprint density at radius 3 is 2.79 bits per heavy atom. The first-order chi connectivity index (χ1) is 6.63. The van der Waals surface area contributed by atoms with Crippen LogP contribution in [0.3, 0.4) is 0 Å². The number of halogens is 1. The van der Waals surface area contributed by atoms with Gasteiger partial charge in [0.2, 0.25) is 0 Å². The van der Waals surface area contributed by atoms with Crippen LogP contribution in [-0.2, 0) is 0 Å². The number of nitrogens with zero attached hydrogens (tertiary/aromatic N) is 1. The molecule has 0 heterocycles. The molecule has 2 nitrogen and oxygen atoms in total. The van der Waals surface area contributed by atoms with E-state index in [9.17, 15) is 4.39 Å². The molecule has 76 valence electrons. The van der Waals surface area contributed by atoms with Crippen molar-refractivity contribution in [2.24, 2.45) is 10.7 Å². The van der Waals surface area contributed by atoms with Crippen LogP contribution in [0, 0.1) is 12.7 Å². The van der Waals surface area contributed by atoms with Crippen molar-refractivity contribution in [2.45, 2.75) is 26.7 Å². The number of aliphatic imine (C=N–C) groups is 1. The minimum atomic E-state index is -0.316. The molecule has 0 saturated heterocycles. The largest absolute Gasteiger partial charge is 0.387 e. The molecule has 0 atom stereocenters. The fraction of sp³-hybridized carbons (Fsp3) is 0.364. The number of aryl methyl sites for hydroxylation is 1. The highest BCUT2D eigenvalue weighted by Crippen LogP contribution is 2.18. The maximum absolute atomic E-state index is 13.3. The van der Waals surface area contributed by atoms with Gasteiger partial charge in [0.25, 0.3) is 0 Å². The number of benzene rings is 1. The molecule has 0 amide bonds. The average Bonchev–Trinajstić information content (AvgIpc) is 2.10.